The van der Waals surface area contributed by atoms with Gasteiger partial charge in [0, 0.05) is 30.4 Å². The van der Waals surface area contributed by atoms with Gasteiger partial charge in [-0.2, -0.15) is 0 Å². The average molecular weight is 337 g/mol. The van der Waals surface area contributed by atoms with Crippen LogP contribution in [0.2, 0.25) is 0 Å². The number of nitrogens with zero attached hydrogens (tertiary/aromatic N) is 1. The second-order valence-corrected chi connectivity index (χ2v) is 5.42. The van der Waals surface area contributed by atoms with Gasteiger partial charge in [-0.15, -0.1) is 0 Å². The summed E-state index contributed by atoms with van der Waals surface area (Å²) in [6.45, 7) is 0.561. The maximum atomic E-state index is 12.0. The molecule has 106 valence electrons. The van der Waals surface area contributed by atoms with E-state index in [1.807, 2.05) is 48.0 Å². The quantitative estimate of drug-likeness (QED) is 0.824. The minimum atomic E-state index is -0.121. The number of amides is 1. The van der Waals surface area contributed by atoms with Crippen molar-refractivity contribution in [3.63, 3.8) is 0 Å². The van der Waals surface area contributed by atoms with E-state index in [1.165, 1.54) is 0 Å². The van der Waals surface area contributed by atoms with Crippen LogP contribution in [-0.4, -0.2) is 28.7 Å². The smallest absolute Gasteiger partial charge is 0.267 e. The molecule has 0 atom stereocenters. The van der Waals surface area contributed by atoms with Crippen LogP contribution in [0.1, 0.15) is 16.9 Å². The molecule has 0 saturated heterocycles. The third-order valence-electron chi connectivity index (χ3n) is 3.11. The summed E-state index contributed by atoms with van der Waals surface area (Å²) in [6, 6.07) is 11.7. The summed E-state index contributed by atoms with van der Waals surface area (Å²) in [5.74, 6) is -0.121. The summed E-state index contributed by atoms with van der Waals surface area (Å²) in [7, 11) is 1.87. The normalized spacial score (nSPS) is 10.6. The van der Waals surface area contributed by atoms with Crippen molar-refractivity contribution in [2.75, 3.05) is 13.2 Å². The highest BCUT2D eigenvalue weighted by molar-refractivity contribution is 9.10. The SMILES string of the molecule is Cn1c(C(=O)NCCCO)ccc1-c1ccc(Br)cc1. The number of aromatic nitrogens is 1. The molecule has 0 radical (unpaired) electrons. The Morgan fingerprint density at radius 1 is 1.25 bits per heavy atom. The Morgan fingerprint density at radius 2 is 1.95 bits per heavy atom. The number of hydrogen-bond acceptors (Lipinski definition) is 2. The lowest BCUT2D eigenvalue weighted by atomic mass is 10.1. The molecule has 0 aliphatic carbocycles. The highest BCUT2D eigenvalue weighted by Crippen LogP contribution is 2.23. The molecule has 20 heavy (non-hydrogen) atoms. The van der Waals surface area contributed by atoms with Crippen molar-refractivity contribution in [1.82, 2.24) is 9.88 Å². The predicted octanol–water partition coefficient (Wildman–Crippen LogP) is 2.57. The molecule has 1 aromatic heterocycles. The Morgan fingerprint density at radius 3 is 2.60 bits per heavy atom. The maximum absolute atomic E-state index is 12.0. The predicted molar refractivity (Wildman–Crippen MR) is 82.6 cm³/mol. The van der Waals surface area contributed by atoms with Gasteiger partial charge in [0.2, 0.25) is 0 Å². The first kappa shape index (κ1) is 14.8. The van der Waals surface area contributed by atoms with Gasteiger partial charge in [-0.25, -0.2) is 0 Å². The number of rotatable bonds is 5. The summed E-state index contributed by atoms with van der Waals surface area (Å²) in [5.41, 5.74) is 2.66. The van der Waals surface area contributed by atoms with E-state index >= 15 is 0 Å². The van der Waals surface area contributed by atoms with Crippen molar-refractivity contribution in [1.29, 1.82) is 0 Å². The van der Waals surface area contributed by atoms with E-state index in [-0.39, 0.29) is 12.5 Å². The fraction of sp³-hybridized carbons (Fsp3) is 0.267. The molecule has 2 rings (SSSR count). The van der Waals surface area contributed by atoms with E-state index in [2.05, 4.69) is 21.2 Å². The van der Waals surface area contributed by atoms with Crippen LogP contribution in [0.4, 0.5) is 0 Å². The monoisotopic (exact) mass is 336 g/mol. The molecule has 1 amide bonds. The van der Waals surface area contributed by atoms with Gasteiger partial charge in [0.1, 0.15) is 5.69 Å². The Labute approximate surface area is 126 Å². The molecule has 2 aromatic rings. The van der Waals surface area contributed by atoms with Gasteiger partial charge in [0.15, 0.2) is 0 Å². The Bertz CT molecular complexity index is 590. The highest BCUT2D eigenvalue weighted by Gasteiger charge is 2.12. The summed E-state index contributed by atoms with van der Waals surface area (Å²) in [5, 5.41) is 11.5. The lowest BCUT2D eigenvalue weighted by Crippen LogP contribution is -2.26. The van der Waals surface area contributed by atoms with Crippen molar-refractivity contribution in [3.05, 3.63) is 46.6 Å². The molecule has 0 bridgehead atoms. The van der Waals surface area contributed by atoms with Crippen molar-refractivity contribution < 1.29 is 9.90 Å². The molecule has 5 heteroatoms. The Kier molecular flexibility index (Phi) is 4.98. The molecule has 0 fully saturated rings. The van der Waals surface area contributed by atoms with Crippen LogP contribution >= 0.6 is 15.9 Å². The van der Waals surface area contributed by atoms with E-state index in [9.17, 15) is 4.79 Å². The Balaban J connectivity index is 2.18. The van der Waals surface area contributed by atoms with Crippen LogP contribution in [0.5, 0.6) is 0 Å². The number of aliphatic hydroxyl groups excluding tert-OH is 1. The molecule has 0 spiro atoms. The summed E-state index contributed by atoms with van der Waals surface area (Å²) in [6.07, 6.45) is 0.565. The number of aliphatic hydroxyl groups is 1. The van der Waals surface area contributed by atoms with Crippen LogP contribution in [0.15, 0.2) is 40.9 Å². The van der Waals surface area contributed by atoms with E-state index in [4.69, 9.17) is 5.11 Å². The molecule has 0 aliphatic rings. The standard InChI is InChI=1S/C15H17BrN2O2/c1-18-13(11-3-5-12(16)6-4-11)7-8-14(18)15(20)17-9-2-10-19/h3-8,19H,2,9-10H2,1H3,(H,17,20). The summed E-state index contributed by atoms with van der Waals surface area (Å²) < 4.78 is 2.90. The fourth-order valence-electron chi connectivity index (χ4n) is 2.02. The third kappa shape index (κ3) is 3.29. The summed E-state index contributed by atoms with van der Waals surface area (Å²) >= 11 is 3.41. The van der Waals surface area contributed by atoms with Gasteiger partial charge in [-0.05, 0) is 36.2 Å². The lowest BCUT2D eigenvalue weighted by Gasteiger charge is -2.08. The highest BCUT2D eigenvalue weighted by atomic mass is 79.9. The van der Waals surface area contributed by atoms with Crippen LogP contribution < -0.4 is 5.32 Å². The number of carbonyl (C=O) groups excluding carboxylic acids is 1. The van der Waals surface area contributed by atoms with Crippen molar-refractivity contribution >= 4 is 21.8 Å². The zero-order valence-electron chi connectivity index (χ0n) is 11.3. The molecular formula is C15H17BrN2O2. The van der Waals surface area contributed by atoms with Gasteiger partial charge < -0.3 is 15.0 Å². The summed E-state index contributed by atoms with van der Waals surface area (Å²) in [4.78, 5) is 12.0. The molecule has 1 heterocycles. The first-order valence-corrected chi connectivity index (χ1v) is 7.23. The van der Waals surface area contributed by atoms with Crippen molar-refractivity contribution in [2.24, 2.45) is 7.05 Å². The number of benzene rings is 1. The molecule has 4 nitrogen and oxygen atoms in total. The van der Waals surface area contributed by atoms with E-state index in [0.717, 1.165) is 15.7 Å². The van der Waals surface area contributed by atoms with Gasteiger partial charge >= 0.3 is 0 Å². The molecule has 1 aromatic carbocycles. The average Bonchev–Trinajstić information content (AvgIpc) is 2.82. The number of halogens is 1. The zero-order chi connectivity index (χ0) is 14.5. The first-order valence-electron chi connectivity index (χ1n) is 6.44. The minimum absolute atomic E-state index is 0.0809. The molecule has 0 aliphatic heterocycles. The lowest BCUT2D eigenvalue weighted by molar-refractivity contribution is 0.0943. The van der Waals surface area contributed by atoms with Gasteiger partial charge in [-0.3, -0.25) is 4.79 Å². The number of nitrogens with one attached hydrogen (secondary N) is 1. The van der Waals surface area contributed by atoms with Gasteiger partial charge in [0.25, 0.3) is 5.91 Å². The van der Waals surface area contributed by atoms with Gasteiger partial charge in [0.05, 0.1) is 0 Å². The number of hydrogen-bond donors (Lipinski definition) is 2. The second kappa shape index (κ2) is 6.72. The van der Waals surface area contributed by atoms with Crippen LogP contribution in [0.3, 0.4) is 0 Å². The largest absolute Gasteiger partial charge is 0.396 e. The van der Waals surface area contributed by atoms with E-state index in [0.29, 0.717) is 18.7 Å². The first-order chi connectivity index (χ1) is 9.63. The van der Waals surface area contributed by atoms with Crippen LogP contribution in [0.25, 0.3) is 11.3 Å². The van der Waals surface area contributed by atoms with E-state index < -0.39 is 0 Å². The van der Waals surface area contributed by atoms with Crippen molar-refractivity contribution in [3.8, 4) is 11.3 Å². The maximum Gasteiger partial charge on any atom is 0.267 e. The third-order valence-corrected chi connectivity index (χ3v) is 3.64. The molecule has 0 saturated carbocycles. The van der Waals surface area contributed by atoms with Crippen LogP contribution in [0, 0.1) is 0 Å². The minimum Gasteiger partial charge on any atom is -0.396 e. The molecule has 2 N–H and O–H groups in total. The Hall–Kier alpha value is -1.59. The van der Waals surface area contributed by atoms with E-state index in [1.54, 1.807) is 0 Å². The van der Waals surface area contributed by atoms with Crippen LogP contribution in [-0.2, 0) is 7.05 Å². The number of carbonyl (C=O) groups is 1. The molecule has 0 unspecified atom stereocenters. The molecular weight excluding hydrogens is 320 g/mol. The van der Waals surface area contributed by atoms with Crippen molar-refractivity contribution in [2.45, 2.75) is 6.42 Å². The zero-order valence-corrected chi connectivity index (χ0v) is 12.9. The second-order valence-electron chi connectivity index (χ2n) is 4.50. The van der Waals surface area contributed by atoms with Gasteiger partial charge in [-0.1, -0.05) is 28.1 Å². The topological polar surface area (TPSA) is 54.3 Å². The fourth-order valence-corrected chi connectivity index (χ4v) is 2.29.